The Hall–Kier alpha value is -1.55. The smallest absolute Gasteiger partial charge is 0.213 e. The van der Waals surface area contributed by atoms with Crippen LogP contribution in [0.1, 0.15) is 5.56 Å². The molecule has 1 aromatic carbocycles. The topological polar surface area (TPSA) is 31.4 Å². The second-order valence-electron chi connectivity index (χ2n) is 3.64. The van der Waals surface area contributed by atoms with E-state index < -0.39 is 0 Å². The normalized spacial score (nSPS) is 10.1. The van der Waals surface area contributed by atoms with Crippen LogP contribution < -0.4 is 9.47 Å². The van der Waals surface area contributed by atoms with Crippen molar-refractivity contribution in [2.75, 3.05) is 11.9 Å². The highest BCUT2D eigenvalue weighted by Gasteiger charge is 1.98. The molecule has 0 saturated heterocycles. The van der Waals surface area contributed by atoms with E-state index in [1.54, 1.807) is 6.20 Å². The third kappa shape index (κ3) is 4.04. The maximum absolute atomic E-state index is 5.62. The molecule has 0 N–H and O–H groups in total. The highest BCUT2D eigenvalue weighted by atomic mass is 79.9. The van der Waals surface area contributed by atoms with Crippen molar-refractivity contribution >= 4 is 15.9 Å². The Kier molecular flexibility index (Phi) is 5.02. The van der Waals surface area contributed by atoms with Crippen molar-refractivity contribution < 1.29 is 9.47 Å². The summed E-state index contributed by atoms with van der Waals surface area (Å²) in [7, 11) is 0. The Bertz CT molecular complexity index is 459. The number of halogens is 1. The Balaban J connectivity index is 1.86. The zero-order valence-electron chi connectivity index (χ0n) is 9.88. The summed E-state index contributed by atoms with van der Waals surface area (Å²) in [6.07, 6.45) is 1.67. The van der Waals surface area contributed by atoms with Crippen LogP contribution in [0.15, 0.2) is 48.7 Å². The van der Waals surface area contributed by atoms with Crippen molar-refractivity contribution in [3.8, 4) is 11.6 Å². The molecule has 0 fully saturated rings. The highest BCUT2D eigenvalue weighted by Crippen LogP contribution is 2.15. The molecule has 0 radical (unpaired) electrons. The second-order valence-corrected chi connectivity index (χ2v) is 4.44. The molecule has 18 heavy (non-hydrogen) atoms. The summed E-state index contributed by atoms with van der Waals surface area (Å²) >= 11 is 3.29. The summed E-state index contributed by atoms with van der Waals surface area (Å²) in [5, 5.41) is 0.793. The third-order valence-electron chi connectivity index (χ3n) is 2.28. The fourth-order valence-corrected chi connectivity index (χ4v) is 1.58. The highest BCUT2D eigenvalue weighted by molar-refractivity contribution is 9.09. The molecule has 3 nitrogen and oxygen atoms in total. The molecular weight excluding hydrogens is 294 g/mol. The molecule has 2 aromatic rings. The first kappa shape index (κ1) is 12.9. The van der Waals surface area contributed by atoms with Gasteiger partial charge in [-0.2, -0.15) is 0 Å². The largest absolute Gasteiger partial charge is 0.487 e. The summed E-state index contributed by atoms with van der Waals surface area (Å²) in [6.45, 7) is 1.15. The van der Waals surface area contributed by atoms with E-state index >= 15 is 0 Å². The van der Waals surface area contributed by atoms with Crippen LogP contribution in [0.25, 0.3) is 0 Å². The van der Waals surface area contributed by atoms with Gasteiger partial charge < -0.3 is 9.47 Å². The molecule has 2 rings (SSSR count). The van der Waals surface area contributed by atoms with Crippen LogP contribution in [0.2, 0.25) is 0 Å². The molecule has 4 heteroatoms. The third-order valence-corrected chi connectivity index (χ3v) is 2.61. The lowest BCUT2D eigenvalue weighted by molar-refractivity contribution is 0.300. The zero-order valence-corrected chi connectivity index (χ0v) is 11.5. The van der Waals surface area contributed by atoms with E-state index in [0.29, 0.717) is 19.1 Å². The van der Waals surface area contributed by atoms with E-state index in [2.05, 4.69) is 20.9 Å². The quantitative estimate of drug-likeness (QED) is 0.766. The Labute approximate surface area is 115 Å². The summed E-state index contributed by atoms with van der Waals surface area (Å²) in [5.41, 5.74) is 1.14. The first-order chi connectivity index (χ1) is 8.88. The molecular formula is C14H14BrNO2. The summed E-state index contributed by atoms with van der Waals surface area (Å²) in [6, 6.07) is 13.7. The van der Waals surface area contributed by atoms with Crippen molar-refractivity contribution in [2.45, 2.75) is 6.61 Å². The van der Waals surface area contributed by atoms with Crippen molar-refractivity contribution in [2.24, 2.45) is 0 Å². The number of aromatic nitrogens is 1. The maximum atomic E-state index is 5.62. The molecule has 0 unspecified atom stereocenters. The van der Waals surface area contributed by atoms with Crippen LogP contribution in [0.5, 0.6) is 11.6 Å². The second kappa shape index (κ2) is 7.01. The molecule has 0 bridgehead atoms. The lowest BCUT2D eigenvalue weighted by Crippen LogP contribution is -2.00. The number of pyridine rings is 1. The molecule has 0 saturated carbocycles. The maximum Gasteiger partial charge on any atom is 0.213 e. The van der Waals surface area contributed by atoms with E-state index in [1.807, 2.05) is 42.5 Å². The first-order valence-electron chi connectivity index (χ1n) is 5.70. The van der Waals surface area contributed by atoms with Crippen molar-refractivity contribution in [3.63, 3.8) is 0 Å². The average Bonchev–Trinajstić information content (AvgIpc) is 2.45. The van der Waals surface area contributed by atoms with Gasteiger partial charge >= 0.3 is 0 Å². The fraction of sp³-hybridized carbons (Fsp3) is 0.214. The Morgan fingerprint density at radius 1 is 1.00 bits per heavy atom. The van der Waals surface area contributed by atoms with Crippen molar-refractivity contribution in [1.29, 1.82) is 0 Å². The Morgan fingerprint density at radius 2 is 1.83 bits per heavy atom. The minimum absolute atomic E-state index is 0.546. The average molecular weight is 308 g/mol. The molecule has 0 aliphatic heterocycles. The summed E-state index contributed by atoms with van der Waals surface area (Å²) in [4.78, 5) is 4.16. The van der Waals surface area contributed by atoms with Gasteiger partial charge in [0.05, 0.1) is 12.8 Å². The van der Waals surface area contributed by atoms with E-state index in [0.717, 1.165) is 16.6 Å². The number of ether oxygens (including phenoxy) is 2. The van der Waals surface area contributed by atoms with E-state index in [-0.39, 0.29) is 0 Å². The van der Waals surface area contributed by atoms with Gasteiger partial charge in [-0.1, -0.05) is 46.3 Å². The number of hydrogen-bond donors (Lipinski definition) is 0. The number of hydrogen-bond acceptors (Lipinski definition) is 3. The van der Waals surface area contributed by atoms with Gasteiger partial charge in [-0.3, -0.25) is 0 Å². The first-order valence-corrected chi connectivity index (χ1v) is 6.82. The molecule has 94 valence electrons. The molecule has 0 spiro atoms. The van der Waals surface area contributed by atoms with Crippen molar-refractivity contribution in [3.05, 3.63) is 54.2 Å². The molecule has 0 atom stereocenters. The van der Waals surface area contributed by atoms with E-state index in [4.69, 9.17) is 9.47 Å². The van der Waals surface area contributed by atoms with Gasteiger partial charge in [0.25, 0.3) is 0 Å². The number of benzene rings is 1. The molecule has 1 aromatic heterocycles. The standard InChI is InChI=1S/C14H14BrNO2/c15-8-9-17-14-7-6-13(10-16-14)18-11-12-4-2-1-3-5-12/h1-7,10H,8-9,11H2. The van der Waals surface area contributed by atoms with Gasteiger partial charge in [-0.05, 0) is 11.6 Å². The van der Waals surface area contributed by atoms with Crippen LogP contribution in [0.3, 0.4) is 0 Å². The molecule has 0 aliphatic rings. The predicted molar refractivity (Wildman–Crippen MR) is 74.3 cm³/mol. The SMILES string of the molecule is BrCCOc1ccc(OCc2ccccc2)cn1. The molecule has 0 amide bonds. The van der Waals surface area contributed by atoms with E-state index in [9.17, 15) is 0 Å². The fourth-order valence-electron chi connectivity index (χ4n) is 1.42. The Morgan fingerprint density at radius 3 is 2.50 bits per heavy atom. The lowest BCUT2D eigenvalue weighted by Gasteiger charge is -2.07. The van der Waals surface area contributed by atoms with Crippen LogP contribution >= 0.6 is 15.9 Å². The molecule has 1 heterocycles. The number of alkyl halides is 1. The van der Waals surface area contributed by atoms with Crippen LogP contribution in [0, 0.1) is 0 Å². The van der Waals surface area contributed by atoms with Crippen LogP contribution in [0.4, 0.5) is 0 Å². The van der Waals surface area contributed by atoms with Gasteiger partial charge in [0.2, 0.25) is 5.88 Å². The summed E-state index contributed by atoms with van der Waals surface area (Å²) < 4.78 is 11.0. The van der Waals surface area contributed by atoms with Gasteiger partial charge in [0.1, 0.15) is 12.4 Å². The minimum atomic E-state index is 0.546. The monoisotopic (exact) mass is 307 g/mol. The van der Waals surface area contributed by atoms with Crippen LogP contribution in [-0.4, -0.2) is 16.9 Å². The number of rotatable bonds is 6. The minimum Gasteiger partial charge on any atom is -0.487 e. The molecule has 0 aliphatic carbocycles. The van der Waals surface area contributed by atoms with Gasteiger partial charge in [-0.15, -0.1) is 0 Å². The predicted octanol–water partition coefficient (Wildman–Crippen LogP) is 3.43. The van der Waals surface area contributed by atoms with Crippen molar-refractivity contribution in [1.82, 2.24) is 4.98 Å². The summed E-state index contributed by atoms with van der Waals surface area (Å²) in [5.74, 6) is 1.35. The van der Waals surface area contributed by atoms with Gasteiger partial charge in [0.15, 0.2) is 0 Å². The van der Waals surface area contributed by atoms with Crippen LogP contribution in [-0.2, 0) is 6.61 Å². The van der Waals surface area contributed by atoms with Gasteiger partial charge in [-0.25, -0.2) is 4.98 Å². The van der Waals surface area contributed by atoms with E-state index in [1.165, 1.54) is 0 Å². The van der Waals surface area contributed by atoms with Gasteiger partial charge in [0, 0.05) is 11.4 Å². The lowest BCUT2D eigenvalue weighted by atomic mass is 10.2. The zero-order chi connectivity index (χ0) is 12.6. The number of nitrogens with zero attached hydrogens (tertiary/aromatic N) is 1.